The normalized spacial score (nSPS) is 19.0. The summed E-state index contributed by atoms with van der Waals surface area (Å²) in [4.78, 5) is 43.4. The van der Waals surface area contributed by atoms with Crippen molar-refractivity contribution in [1.82, 2.24) is 10.2 Å². The largest absolute Gasteiger partial charge is 0.322 e. The van der Waals surface area contributed by atoms with E-state index in [0.717, 1.165) is 34.9 Å². The highest BCUT2D eigenvalue weighted by molar-refractivity contribution is 6.07. The summed E-state index contributed by atoms with van der Waals surface area (Å²) < 4.78 is 27.7. The fourth-order valence-corrected chi connectivity index (χ4v) is 4.88. The summed E-state index contributed by atoms with van der Waals surface area (Å²) in [6.45, 7) is 8.86. The first kappa shape index (κ1) is 26.4. The number of halogens is 2. The van der Waals surface area contributed by atoms with Gasteiger partial charge < -0.3 is 4.90 Å². The van der Waals surface area contributed by atoms with Crippen LogP contribution in [-0.4, -0.2) is 34.4 Å². The first-order chi connectivity index (χ1) is 17.4. The van der Waals surface area contributed by atoms with E-state index in [1.54, 1.807) is 12.1 Å². The van der Waals surface area contributed by atoms with E-state index in [2.05, 4.69) is 5.32 Å². The van der Waals surface area contributed by atoms with Crippen LogP contribution in [0.4, 0.5) is 8.78 Å². The highest BCUT2D eigenvalue weighted by Crippen LogP contribution is 2.32. The number of aryl methyl sites for hydroxylation is 1. The summed E-state index contributed by atoms with van der Waals surface area (Å²) in [5.74, 6) is -3.89. The Hall–Kier alpha value is -3.68. The van der Waals surface area contributed by atoms with Gasteiger partial charge in [0.2, 0.25) is 11.8 Å². The second kappa shape index (κ2) is 10.00. The van der Waals surface area contributed by atoms with Crippen LogP contribution in [0.25, 0.3) is 5.70 Å². The van der Waals surface area contributed by atoms with Crippen LogP contribution in [0.2, 0.25) is 0 Å². The van der Waals surface area contributed by atoms with Crippen molar-refractivity contribution in [2.45, 2.75) is 66.0 Å². The van der Waals surface area contributed by atoms with E-state index in [4.69, 9.17) is 4.99 Å². The number of carbonyl (C=O) groups is 3. The zero-order valence-corrected chi connectivity index (χ0v) is 21.7. The Balaban J connectivity index is 1.65. The van der Waals surface area contributed by atoms with Gasteiger partial charge in [-0.2, -0.15) is 0 Å². The molecule has 2 heterocycles. The maximum Gasteiger partial charge on any atom is 0.270 e. The van der Waals surface area contributed by atoms with Crippen molar-refractivity contribution in [2.75, 3.05) is 0 Å². The first-order valence-corrected chi connectivity index (χ1v) is 12.4. The van der Waals surface area contributed by atoms with Crippen LogP contribution in [0.1, 0.15) is 78.7 Å². The minimum atomic E-state index is -2.92. The number of amides is 3. The number of alkyl halides is 2. The summed E-state index contributed by atoms with van der Waals surface area (Å²) in [5, 5.41) is 2.32. The molecule has 8 heteroatoms. The molecule has 1 atom stereocenters. The van der Waals surface area contributed by atoms with Crippen LogP contribution >= 0.6 is 0 Å². The molecule has 2 aromatic rings. The number of nitrogens with zero attached hydrogens (tertiary/aromatic N) is 2. The van der Waals surface area contributed by atoms with Crippen LogP contribution in [0, 0.1) is 12.8 Å². The standard InChI is InChI=1S/C29H31F2N3O3/c1-6-23(32-26(16(2)3)21-10-8-20(13-17(21)4)29(5,30)31)18-7-9-22-19(14-18)15-34(28(22)37)24-11-12-25(35)33-27(24)36/h6-10,13-14,16,24H,11-12,15H2,1-5H3,(H,33,35,36)/b23-6-,32-26?. The Morgan fingerprint density at radius 2 is 1.89 bits per heavy atom. The fraction of sp³-hybridized carbons (Fsp3) is 0.379. The number of allylic oxidation sites excluding steroid dienone is 1. The third-order valence-corrected chi connectivity index (χ3v) is 6.89. The second-order valence-corrected chi connectivity index (χ2v) is 10.0. The maximum absolute atomic E-state index is 13.8. The van der Waals surface area contributed by atoms with Gasteiger partial charge >= 0.3 is 0 Å². The van der Waals surface area contributed by atoms with Crippen LogP contribution in [0.3, 0.4) is 0 Å². The molecular weight excluding hydrogens is 476 g/mol. The molecule has 194 valence electrons. The third kappa shape index (κ3) is 5.24. The first-order valence-electron chi connectivity index (χ1n) is 12.4. The highest BCUT2D eigenvalue weighted by atomic mass is 19.3. The molecule has 3 amide bonds. The lowest BCUT2D eigenvalue weighted by Crippen LogP contribution is -2.52. The molecule has 37 heavy (non-hydrogen) atoms. The van der Waals surface area contributed by atoms with E-state index >= 15 is 0 Å². The third-order valence-electron chi connectivity index (χ3n) is 6.89. The predicted molar refractivity (Wildman–Crippen MR) is 138 cm³/mol. The summed E-state index contributed by atoms with van der Waals surface area (Å²) in [6, 6.07) is 9.46. The number of rotatable bonds is 6. The van der Waals surface area contributed by atoms with E-state index in [1.807, 2.05) is 45.9 Å². The molecule has 0 aromatic heterocycles. The lowest BCUT2D eigenvalue weighted by Gasteiger charge is -2.29. The van der Waals surface area contributed by atoms with Gasteiger partial charge in [0.25, 0.3) is 11.8 Å². The summed E-state index contributed by atoms with van der Waals surface area (Å²) in [7, 11) is 0. The SMILES string of the molecule is C/C=C(\N=C(c1ccc(C(C)(F)F)cc1C)C(C)C)c1ccc2c(c1)CN(C1CCC(=O)NC1=O)C2=O. The Labute approximate surface area is 215 Å². The predicted octanol–water partition coefficient (Wildman–Crippen LogP) is 5.37. The lowest BCUT2D eigenvalue weighted by molar-refractivity contribution is -0.136. The van der Waals surface area contributed by atoms with Crippen molar-refractivity contribution in [2.24, 2.45) is 10.9 Å². The van der Waals surface area contributed by atoms with Gasteiger partial charge in [-0.05, 0) is 61.1 Å². The number of hydrogen-bond acceptors (Lipinski definition) is 4. The van der Waals surface area contributed by atoms with Gasteiger partial charge in [0, 0.05) is 36.6 Å². The van der Waals surface area contributed by atoms with Crippen molar-refractivity contribution >= 4 is 29.1 Å². The van der Waals surface area contributed by atoms with Gasteiger partial charge in [-0.15, -0.1) is 0 Å². The van der Waals surface area contributed by atoms with Gasteiger partial charge in [-0.3, -0.25) is 24.7 Å². The molecule has 1 fully saturated rings. The number of nitrogens with one attached hydrogen (secondary N) is 1. The van der Waals surface area contributed by atoms with Crippen LogP contribution < -0.4 is 5.32 Å². The van der Waals surface area contributed by atoms with E-state index in [0.29, 0.717) is 17.7 Å². The number of aliphatic imine (C=N–C) groups is 1. The number of carbonyl (C=O) groups excluding carboxylic acids is 3. The zero-order chi connectivity index (χ0) is 27.1. The highest BCUT2D eigenvalue weighted by Gasteiger charge is 2.39. The van der Waals surface area contributed by atoms with Crippen molar-refractivity contribution in [3.63, 3.8) is 0 Å². The molecule has 2 aliphatic rings. The van der Waals surface area contributed by atoms with Gasteiger partial charge in [-0.1, -0.05) is 38.1 Å². The molecule has 0 aliphatic carbocycles. The zero-order valence-electron chi connectivity index (χ0n) is 21.7. The summed E-state index contributed by atoms with van der Waals surface area (Å²) in [5.41, 5.74) is 5.10. The Morgan fingerprint density at radius 1 is 1.16 bits per heavy atom. The van der Waals surface area contributed by atoms with Crippen LogP contribution in [0.5, 0.6) is 0 Å². The van der Waals surface area contributed by atoms with Crippen LogP contribution in [0.15, 0.2) is 47.5 Å². The van der Waals surface area contributed by atoms with Crippen LogP contribution in [-0.2, 0) is 22.1 Å². The average Bonchev–Trinajstić information content (AvgIpc) is 3.15. The van der Waals surface area contributed by atoms with Crippen molar-refractivity contribution in [3.8, 4) is 0 Å². The Morgan fingerprint density at radius 3 is 2.49 bits per heavy atom. The lowest BCUT2D eigenvalue weighted by atomic mass is 9.93. The molecule has 0 saturated carbocycles. The molecule has 2 aromatic carbocycles. The number of hydrogen-bond donors (Lipinski definition) is 1. The van der Waals surface area contributed by atoms with E-state index in [1.165, 1.54) is 17.0 Å². The van der Waals surface area contributed by atoms with Gasteiger partial charge in [0.1, 0.15) is 6.04 Å². The molecule has 1 N–H and O–H groups in total. The Kier molecular flexibility index (Phi) is 7.13. The Bertz CT molecular complexity index is 1340. The van der Waals surface area contributed by atoms with Gasteiger partial charge in [0.05, 0.1) is 11.4 Å². The topological polar surface area (TPSA) is 78.8 Å². The molecule has 2 aliphatic heterocycles. The maximum atomic E-state index is 13.8. The fourth-order valence-electron chi connectivity index (χ4n) is 4.88. The molecule has 1 saturated heterocycles. The number of piperidine rings is 1. The molecule has 1 unspecified atom stereocenters. The molecule has 0 radical (unpaired) electrons. The van der Waals surface area contributed by atoms with E-state index in [-0.39, 0.29) is 36.3 Å². The van der Waals surface area contributed by atoms with E-state index in [9.17, 15) is 23.2 Å². The molecular formula is C29H31F2N3O3. The number of benzene rings is 2. The molecule has 0 spiro atoms. The minimum absolute atomic E-state index is 0.0284. The minimum Gasteiger partial charge on any atom is -0.322 e. The molecule has 6 nitrogen and oxygen atoms in total. The second-order valence-electron chi connectivity index (χ2n) is 10.0. The van der Waals surface area contributed by atoms with E-state index < -0.39 is 17.9 Å². The number of fused-ring (bicyclic) bond motifs is 1. The smallest absolute Gasteiger partial charge is 0.270 e. The summed E-state index contributed by atoms with van der Waals surface area (Å²) >= 11 is 0. The van der Waals surface area contributed by atoms with Crippen molar-refractivity contribution < 1.29 is 23.2 Å². The number of imide groups is 1. The monoisotopic (exact) mass is 507 g/mol. The van der Waals surface area contributed by atoms with Gasteiger partial charge in [-0.25, -0.2) is 8.78 Å². The summed E-state index contributed by atoms with van der Waals surface area (Å²) in [6.07, 6.45) is 2.39. The van der Waals surface area contributed by atoms with Crippen molar-refractivity contribution in [1.29, 1.82) is 0 Å². The van der Waals surface area contributed by atoms with Gasteiger partial charge in [0.15, 0.2) is 0 Å². The molecule has 0 bridgehead atoms. The quantitative estimate of drug-likeness (QED) is 0.422. The molecule has 4 rings (SSSR count). The van der Waals surface area contributed by atoms with Crippen molar-refractivity contribution in [3.05, 3.63) is 75.9 Å². The average molecular weight is 508 g/mol.